The first-order valence-electron chi connectivity index (χ1n) is 9.57. The van der Waals surface area contributed by atoms with Crippen LogP contribution in [0.4, 0.5) is 0 Å². The van der Waals surface area contributed by atoms with E-state index in [1.807, 2.05) is 31.2 Å². The van der Waals surface area contributed by atoms with E-state index in [9.17, 15) is 4.79 Å². The molecule has 1 amide bonds. The largest absolute Gasteiger partial charge is 0.384 e. The molecular weight excluding hydrogens is 455 g/mol. The molecule has 2 rings (SSSR count). The Morgan fingerprint density at radius 1 is 1.33 bits per heavy atom. The number of likely N-dealkylation sites (tertiary alicyclic amines) is 1. The van der Waals surface area contributed by atoms with Crippen LogP contribution in [0.1, 0.15) is 42.6 Å². The molecule has 6 nitrogen and oxygen atoms in total. The van der Waals surface area contributed by atoms with Crippen LogP contribution < -0.4 is 10.6 Å². The standard InChI is InChI=1S/C20H32N4O2.HI/c1-4-10-22-19(25)18-8-6-7-16(12-18)13-23-20(21-5-2)24-11-9-17(14-24)15-26-3;/h6-8,12,17H,4-5,9-11,13-15H2,1-3H3,(H,21,23)(H,22,25);1H. The zero-order valence-electron chi connectivity index (χ0n) is 16.7. The summed E-state index contributed by atoms with van der Waals surface area (Å²) in [5.74, 6) is 1.48. The van der Waals surface area contributed by atoms with Crippen molar-refractivity contribution in [2.75, 3.05) is 39.9 Å². The molecule has 1 aliphatic rings. The highest BCUT2D eigenvalue weighted by molar-refractivity contribution is 14.0. The SMILES string of the molecule is CCCNC(=O)c1cccc(CN=C(NCC)N2CCC(COC)C2)c1.I. The van der Waals surface area contributed by atoms with E-state index < -0.39 is 0 Å². The van der Waals surface area contributed by atoms with Crippen molar-refractivity contribution in [1.82, 2.24) is 15.5 Å². The van der Waals surface area contributed by atoms with Gasteiger partial charge in [-0.1, -0.05) is 19.1 Å². The zero-order valence-corrected chi connectivity index (χ0v) is 19.0. The van der Waals surface area contributed by atoms with Crippen molar-refractivity contribution < 1.29 is 9.53 Å². The summed E-state index contributed by atoms with van der Waals surface area (Å²) in [6, 6.07) is 7.71. The van der Waals surface area contributed by atoms with Gasteiger partial charge in [0.15, 0.2) is 5.96 Å². The molecular formula is C20H33IN4O2. The topological polar surface area (TPSA) is 66.0 Å². The Balaban J connectivity index is 0.00000364. The highest BCUT2D eigenvalue weighted by atomic mass is 127. The average Bonchev–Trinajstić information content (AvgIpc) is 3.12. The molecule has 27 heavy (non-hydrogen) atoms. The smallest absolute Gasteiger partial charge is 0.251 e. The second kappa shape index (κ2) is 12.9. The molecule has 1 aliphatic heterocycles. The molecule has 1 aromatic carbocycles. The van der Waals surface area contributed by atoms with Gasteiger partial charge in [-0.25, -0.2) is 4.99 Å². The Morgan fingerprint density at radius 2 is 2.15 bits per heavy atom. The second-order valence-electron chi connectivity index (χ2n) is 6.68. The van der Waals surface area contributed by atoms with E-state index in [-0.39, 0.29) is 29.9 Å². The minimum atomic E-state index is -0.0217. The van der Waals surface area contributed by atoms with Gasteiger partial charge in [0, 0.05) is 44.8 Å². The van der Waals surface area contributed by atoms with E-state index in [2.05, 4.69) is 22.5 Å². The van der Waals surface area contributed by atoms with Crippen molar-refractivity contribution in [3.05, 3.63) is 35.4 Å². The maximum Gasteiger partial charge on any atom is 0.251 e. The monoisotopic (exact) mass is 488 g/mol. The summed E-state index contributed by atoms with van der Waals surface area (Å²) in [6.07, 6.45) is 2.06. The first-order chi connectivity index (χ1) is 12.7. The predicted octanol–water partition coefficient (Wildman–Crippen LogP) is 2.88. The molecule has 0 bridgehead atoms. The zero-order chi connectivity index (χ0) is 18.8. The van der Waals surface area contributed by atoms with Gasteiger partial charge in [0.1, 0.15) is 0 Å². The Kier molecular flexibility index (Phi) is 11.3. The van der Waals surface area contributed by atoms with E-state index in [0.717, 1.165) is 50.6 Å². The molecule has 1 aromatic rings. The number of carbonyl (C=O) groups excluding carboxylic acids is 1. The first kappa shape index (κ1) is 23.7. The lowest BCUT2D eigenvalue weighted by molar-refractivity contribution is 0.0953. The predicted molar refractivity (Wildman–Crippen MR) is 121 cm³/mol. The number of rotatable bonds is 8. The van der Waals surface area contributed by atoms with Crippen molar-refractivity contribution in [3.8, 4) is 0 Å². The van der Waals surface area contributed by atoms with Crippen molar-refractivity contribution in [1.29, 1.82) is 0 Å². The molecule has 1 atom stereocenters. The van der Waals surface area contributed by atoms with Gasteiger partial charge in [0.25, 0.3) is 5.91 Å². The number of ether oxygens (including phenoxy) is 1. The van der Waals surface area contributed by atoms with Crippen LogP contribution in [0.2, 0.25) is 0 Å². The first-order valence-corrected chi connectivity index (χ1v) is 9.57. The van der Waals surface area contributed by atoms with Crippen molar-refractivity contribution in [3.63, 3.8) is 0 Å². The minimum Gasteiger partial charge on any atom is -0.384 e. The molecule has 1 heterocycles. The summed E-state index contributed by atoms with van der Waals surface area (Å²) in [5.41, 5.74) is 1.73. The van der Waals surface area contributed by atoms with Gasteiger partial charge in [-0.2, -0.15) is 0 Å². The summed E-state index contributed by atoms with van der Waals surface area (Å²) in [7, 11) is 1.76. The number of halogens is 1. The van der Waals surface area contributed by atoms with Gasteiger partial charge in [-0.3, -0.25) is 4.79 Å². The molecule has 0 aliphatic carbocycles. The number of guanidine groups is 1. The van der Waals surface area contributed by atoms with Crippen LogP contribution in [-0.2, 0) is 11.3 Å². The number of benzene rings is 1. The lowest BCUT2D eigenvalue weighted by Gasteiger charge is -2.21. The Bertz CT molecular complexity index is 609. The molecule has 0 aromatic heterocycles. The number of nitrogens with zero attached hydrogens (tertiary/aromatic N) is 2. The van der Waals surface area contributed by atoms with Crippen LogP contribution in [0, 0.1) is 5.92 Å². The number of hydrogen-bond donors (Lipinski definition) is 2. The normalized spacial score (nSPS) is 16.8. The summed E-state index contributed by atoms with van der Waals surface area (Å²) in [5, 5.41) is 6.29. The number of nitrogens with one attached hydrogen (secondary N) is 2. The van der Waals surface area contributed by atoms with Gasteiger partial charge in [-0.05, 0) is 37.5 Å². The van der Waals surface area contributed by atoms with Gasteiger partial charge in [-0.15, -0.1) is 24.0 Å². The van der Waals surface area contributed by atoms with Crippen LogP contribution >= 0.6 is 24.0 Å². The summed E-state index contributed by atoms with van der Waals surface area (Å²) >= 11 is 0. The maximum absolute atomic E-state index is 12.1. The third-order valence-corrected chi connectivity index (χ3v) is 4.46. The molecule has 1 saturated heterocycles. The summed E-state index contributed by atoms with van der Waals surface area (Å²) in [4.78, 5) is 19.2. The van der Waals surface area contributed by atoms with Gasteiger partial charge in [0.05, 0.1) is 13.2 Å². The molecule has 0 radical (unpaired) electrons. The Hall–Kier alpha value is -1.35. The molecule has 7 heteroatoms. The molecule has 0 saturated carbocycles. The summed E-state index contributed by atoms with van der Waals surface area (Å²) in [6.45, 7) is 8.99. The number of hydrogen-bond acceptors (Lipinski definition) is 3. The van der Waals surface area contributed by atoms with Gasteiger partial charge in [0.2, 0.25) is 0 Å². The fourth-order valence-corrected chi connectivity index (χ4v) is 3.14. The van der Waals surface area contributed by atoms with E-state index in [0.29, 0.717) is 24.6 Å². The van der Waals surface area contributed by atoms with Gasteiger partial charge >= 0.3 is 0 Å². The van der Waals surface area contributed by atoms with Gasteiger partial charge < -0.3 is 20.3 Å². The van der Waals surface area contributed by atoms with Crippen LogP contribution in [0.3, 0.4) is 0 Å². The van der Waals surface area contributed by atoms with E-state index in [1.165, 1.54) is 0 Å². The van der Waals surface area contributed by atoms with Crippen molar-refractivity contribution in [2.45, 2.75) is 33.2 Å². The summed E-state index contributed by atoms with van der Waals surface area (Å²) < 4.78 is 5.28. The van der Waals surface area contributed by atoms with Crippen LogP contribution in [-0.4, -0.2) is 56.7 Å². The van der Waals surface area contributed by atoms with Crippen molar-refractivity contribution in [2.24, 2.45) is 10.9 Å². The molecule has 2 N–H and O–H groups in total. The lowest BCUT2D eigenvalue weighted by atomic mass is 10.1. The average molecular weight is 488 g/mol. The third kappa shape index (κ3) is 7.65. The number of aliphatic imine (C=N–C) groups is 1. The highest BCUT2D eigenvalue weighted by Crippen LogP contribution is 2.17. The van der Waals surface area contributed by atoms with Crippen LogP contribution in [0.25, 0.3) is 0 Å². The third-order valence-electron chi connectivity index (χ3n) is 4.46. The second-order valence-corrected chi connectivity index (χ2v) is 6.68. The Labute approximate surface area is 180 Å². The fourth-order valence-electron chi connectivity index (χ4n) is 3.14. The number of carbonyl (C=O) groups is 1. The molecule has 152 valence electrons. The quantitative estimate of drug-likeness (QED) is 0.336. The Morgan fingerprint density at radius 3 is 2.85 bits per heavy atom. The van der Waals surface area contributed by atoms with Crippen LogP contribution in [0.5, 0.6) is 0 Å². The van der Waals surface area contributed by atoms with E-state index in [4.69, 9.17) is 9.73 Å². The lowest BCUT2D eigenvalue weighted by Crippen LogP contribution is -2.40. The molecule has 1 fully saturated rings. The number of methoxy groups -OCH3 is 1. The number of amides is 1. The fraction of sp³-hybridized carbons (Fsp3) is 0.600. The highest BCUT2D eigenvalue weighted by Gasteiger charge is 2.24. The van der Waals surface area contributed by atoms with Crippen molar-refractivity contribution >= 4 is 35.8 Å². The maximum atomic E-state index is 12.1. The molecule has 0 spiro atoms. The van der Waals surface area contributed by atoms with Crippen LogP contribution in [0.15, 0.2) is 29.3 Å². The van der Waals surface area contributed by atoms with E-state index in [1.54, 1.807) is 7.11 Å². The van der Waals surface area contributed by atoms with E-state index >= 15 is 0 Å². The molecule has 1 unspecified atom stereocenters. The minimum absolute atomic E-state index is 0.